The molecule has 9 nitrogen and oxygen atoms in total. The molecule has 2 aromatic carbocycles. The Hall–Kier alpha value is -3.72. The molecule has 1 amide bonds. The minimum absolute atomic E-state index is 0.0665. The second-order valence-corrected chi connectivity index (χ2v) is 5.77. The second kappa shape index (κ2) is 10.7. The van der Waals surface area contributed by atoms with Crippen LogP contribution in [0.25, 0.3) is 6.08 Å². The van der Waals surface area contributed by atoms with Crippen LogP contribution in [0.5, 0.6) is 28.7 Å². The largest absolute Gasteiger partial charge is 0.496 e. The van der Waals surface area contributed by atoms with Crippen LogP contribution < -0.4 is 29.0 Å². The predicted molar refractivity (Wildman–Crippen MR) is 109 cm³/mol. The molecule has 0 atom stereocenters. The van der Waals surface area contributed by atoms with Gasteiger partial charge in [-0.15, -0.1) is 0 Å². The standard InChI is InChI=1S/C21H23NO8/c1-26-14-10-17(28-3)15(18(11-14)29-4)6-8-20(24)22-13-5-7-16(27-2)19(9-13)30-21(25)12-23/h5-11,23H,12H2,1-4H3,(H,22,24). The van der Waals surface area contributed by atoms with E-state index in [1.807, 2.05) is 0 Å². The van der Waals surface area contributed by atoms with E-state index in [9.17, 15) is 9.59 Å². The molecule has 0 saturated heterocycles. The number of anilines is 1. The number of carbonyl (C=O) groups excluding carboxylic acids is 2. The molecule has 0 radical (unpaired) electrons. The lowest BCUT2D eigenvalue weighted by Gasteiger charge is -2.12. The summed E-state index contributed by atoms with van der Waals surface area (Å²) in [5.41, 5.74) is 0.920. The Morgan fingerprint density at radius 1 is 0.900 bits per heavy atom. The fourth-order valence-corrected chi connectivity index (χ4v) is 2.53. The van der Waals surface area contributed by atoms with Crippen LogP contribution in [0.15, 0.2) is 36.4 Å². The van der Waals surface area contributed by atoms with Crippen LogP contribution in [-0.2, 0) is 9.59 Å². The van der Waals surface area contributed by atoms with Crippen molar-refractivity contribution in [2.45, 2.75) is 0 Å². The maximum Gasteiger partial charge on any atom is 0.337 e. The van der Waals surface area contributed by atoms with Gasteiger partial charge in [0.25, 0.3) is 0 Å². The molecule has 0 bridgehead atoms. The van der Waals surface area contributed by atoms with E-state index in [4.69, 9.17) is 28.8 Å². The molecule has 0 unspecified atom stereocenters. The lowest BCUT2D eigenvalue weighted by molar-refractivity contribution is -0.137. The van der Waals surface area contributed by atoms with Gasteiger partial charge in [0.05, 0.1) is 34.0 Å². The van der Waals surface area contributed by atoms with Gasteiger partial charge in [-0.1, -0.05) is 0 Å². The zero-order valence-corrected chi connectivity index (χ0v) is 17.1. The third-order valence-corrected chi connectivity index (χ3v) is 3.94. The number of methoxy groups -OCH3 is 4. The van der Waals surface area contributed by atoms with E-state index in [0.717, 1.165) is 0 Å². The van der Waals surface area contributed by atoms with Gasteiger partial charge >= 0.3 is 5.97 Å². The molecular weight excluding hydrogens is 394 g/mol. The zero-order valence-electron chi connectivity index (χ0n) is 17.1. The molecule has 0 spiro atoms. The van der Waals surface area contributed by atoms with Crippen molar-refractivity contribution in [2.24, 2.45) is 0 Å². The smallest absolute Gasteiger partial charge is 0.337 e. The lowest BCUT2D eigenvalue weighted by atomic mass is 10.1. The molecule has 9 heteroatoms. The summed E-state index contributed by atoms with van der Waals surface area (Å²) in [5, 5.41) is 11.5. The first kappa shape index (κ1) is 22.6. The number of amides is 1. The van der Waals surface area contributed by atoms with E-state index in [-0.39, 0.29) is 11.5 Å². The highest BCUT2D eigenvalue weighted by Gasteiger charge is 2.13. The van der Waals surface area contributed by atoms with Crippen LogP contribution in [0.1, 0.15) is 5.56 Å². The van der Waals surface area contributed by atoms with Crippen molar-refractivity contribution in [1.82, 2.24) is 0 Å². The van der Waals surface area contributed by atoms with Gasteiger partial charge in [0, 0.05) is 30.0 Å². The number of aliphatic hydroxyl groups excluding tert-OH is 1. The third kappa shape index (κ3) is 5.65. The average Bonchev–Trinajstić information content (AvgIpc) is 2.77. The highest BCUT2D eigenvalue weighted by Crippen LogP contribution is 2.35. The quantitative estimate of drug-likeness (QED) is 0.363. The van der Waals surface area contributed by atoms with Crippen LogP contribution in [0, 0.1) is 0 Å². The number of carbonyl (C=O) groups is 2. The number of rotatable bonds is 9. The van der Waals surface area contributed by atoms with Gasteiger partial charge in [0.2, 0.25) is 5.91 Å². The number of nitrogens with one attached hydrogen (secondary N) is 1. The number of benzene rings is 2. The first-order valence-electron chi connectivity index (χ1n) is 8.74. The van der Waals surface area contributed by atoms with Gasteiger partial charge in [-0.2, -0.15) is 0 Å². The summed E-state index contributed by atoms with van der Waals surface area (Å²) in [6.45, 7) is -0.784. The van der Waals surface area contributed by atoms with Crippen molar-refractivity contribution in [1.29, 1.82) is 0 Å². The van der Waals surface area contributed by atoms with Crippen LogP contribution >= 0.6 is 0 Å². The molecule has 30 heavy (non-hydrogen) atoms. The summed E-state index contributed by atoms with van der Waals surface area (Å²) in [6, 6.07) is 7.85. The van der Waals surface area contributed by atoms with Gasteiger partial charge < -0.3 is 34.1 Å². The maximum atomic E-state index is 12.4. The third-order valence-electron chi connectivity index (χ3n) is 3.94. The molecule has 0 heterocycles. The minimum atomic E-state index is -0.852. The molecule has 0 aliphatic carbocycles. The number of hydrogen-bond donors (Lipinski definition) is 2. The van der Waals surface area contributed by atoms with Crippen LogP contribution in [0.2, 0.25) is 0 Å². The molecule has 2 rings (SSSR count). The second-order valence-electron chi connectivity index (χ2n) is 5.77. The fraction of sp³-hybridized carbons (Fsp3) is 0.238. The summed E-state index contributed by atoms with van der Waals surface area (Å²) in [7, 11) is 5.93. The first-order chi connectivity index (χ1) is 14.4. The summed E-state index contributed by atoms with van der Waals surface area (Å²) in [5.74, 6) is 0.536. The molecule has 2 aromatic rings. The van der Waals surface area contributed by atoms with Crippen molar-refractivity contribution in [3.63, 3.8) is 0 Å². The van der Waals surface area contributed by atoms with Gasteiger partial charge in [-0.25, -0.2) is 4.79 Å². The van der Waals surface area contributed by atoms with Crippen molar-refractivity contribution in [3.05, 3.63) is 42.0 Å². The number of aliphatic hydroxyl groups is 1. The van der Waals surface area contributed by atoms with Crippen molar-refractivity contribution >= 4 is 23.6 Å². The summed E-state index contributed by atoms with van der Waals surface area (Å²) >= 11 is 0. The SMILES string of the molecule is COc1cc(OC)c(C=CC(=O)Nc2ccc(OC)c(OC(=O)CO)c2)c(OC)c1. The van der Waals surface area contributed by atoms with Gasteiger partial charge in [0.1, 0.15) is 23.9 Å². The van der Waals surface area contributed by atoms with Crippen LogP contribution in [0.4, 0.5) is 5.69 Å². The molecule has 0 aliphatic heterocycles. The maximum absolute atomic E-state index is 12.4. The Bertz CT molecular complexity index is 914. The number of esters is 1. The normalized spacial score (nSPS) is 10.4. The zero-order chi connectivity index (χ0) is 22.1. The lowest BCUT2D eigenvalue weighted by Crippen LogP contribution is -2.13. The highest BCUT2D eigenvalue weighted by molar-refractivity contribution is 6.02. The van der Waals surface area contributed by atoms with Crippen molar-refractivity contribution < 1.29 is 38.4 Å². The number of hydrogen-bond acceptors (Lipinski definition) is 8. The molecule has 0 fully saturated rings. The van der Waals surface area contributed by atoms with Crippen molar-refractivity contribution in [2.75, 3.05) is 40.4 Å². The predicted octanol–water partition coefficient (Wildman–Crippen LogP) is 2.27. The van der Waals surface area contributed by atoms with E-state index in [1.165, 1.54) is 46.6 Å². The Balaban J connectivity index is 2.22. The van der Waals surface area contributed by atoms with Crippen LogP contribution in [-0.4, -0.2) is 52.0 Å². The fourth-order valence-electron chi connectivity index (χ4n) is 2.53. The summed E-state index contributed by atoms with van der Waals surface area (Å²) in [6.07, 6.45) is 2.85. The van der Waals surface area contributed by atoms with Gasteiger partial charge in [-0.3, -0.25) is 4.79 Å². The van der Waals surface area contributed by atoms with Crippen molar-refractivity contribution in [3.8, 4) is 28.7 Å². The van der Waals surface area contributed by atoms with E-state index in [2.05, 4.69) is 5.32 Å². The number of ether oxygens (including phenoxy) is 5. The summed E-state index contributed by atoms with van der Waals surface area (Å²) in [4.78, 5) is 23.7. The Kier molecular flexibility index (Phi) is 8.07. The molecule has 160 valence electrons. The Morgan fingerprint density at radius 2 is 1.53 bits per heavy atom. The van der Waals surface area contributed by atoms with Crippen LogP contribution in [0.3, 0.4) is 0 Å². The Morgan fingerprint density at radius 3 is 2.07 bits per heavy atom. The molecular formula is C21H23NO8. The van der Waals surface area contributed by atoms with E-state index >= 15 is 0 Å². The Labute approximate surface area is 173 Å². The average molecular weight is 417 g/mol. The highest BCUT2D eigenvalue weighted by atomic mass is 16.6. The molecule has 0 aromatic heterocycles. The van der Waals surface area contributed by atoms with E-state index in [1.54, 1.807) is 24.3 Å². The molecule has 2 N–H and O–H groups in total. The van der Waals surface area contributed by atoms with E-state index < -0.39 is 18.5 Å². The molecule has 0 aliphatic rings. The van der Waals surface area contributed by atoms with E-state index in [0.29, 0.717) is 28.5 Å². The minimum Gasteiger partial charge on any atom is -0.496 e. The monoisotopic (exact) mass is 417 g/mol. The van der Waals surface area contributed by atoms with Gasteiger partial charge in [0.15, 0.2) is 11.5 Å². The topological polar surface area (TPSA) is 113 Å². The summed E-state index contributed by atoms with van der Waals surface area (Å²) < 4.78 is 26.0. The van der Waals surface area contributed by atoms with Gasteiger partial charge in [-0.05, 0) is 18.2 Å². The molecule has 0 saturated carbocycles. The first-order valence-corrected chi connectivity index (χ1v) is 8.74.